The fraction of sp³-hybridized carbons (Fsp3) is 0.700. The number of hydrogen-bond acceptors (Lipinski definition) is 3. The molecule has 0 bridgehead atoms. The zero-order valence-electron chi connectivity index (χ0n) is 9.16. The van der Waals surface area contributed by atoms with Crippen molar-refractivity contribution in [1.29, 1.82) is 0 Å². The number of methoxy groups -OCH3 is 1. The van der Waals surface area contributed by atoms with Gasteiger partial charge >= 0.3 is 0 Å². The van der Waals surface area contributed by atoms with Gasteiger partial charge in [0.05, 0.1) is 11.8 Å². The molecule has 1 heterocycles. The molecule has 4 nitrogen and oxygen atoms in total. The molecule has 1 rings (SSSR count). The molecular weight excluding hydrogens is 178 g/mol. The molecule has 1 aromatic heterocycles. The number of nitrogens with zero attached hydrogens (tertiary/aromatic N) is 2. The highest BCUT2D eigenvalue weighted by Crippen LogP contribution is 1.94. The Morgan fingerprint density at radius 2 is 2.43 bits per heavy atom. The normalized spacial score (nSPS) is 13.1. The van der Waals surface area contributed by atoms with Crippen LogP contribution in [0.25, 0.3) is 0 Å². The van der Waals surface area contributed by atoms with Gasteiger partial charge in [-0.25, -0.2) is 0 Å². The number of ether oxygens (including phenoxy) is 1. The largest absolute Gasteiger partial charge is 0.380 e. The monoisotopic (exact) mass is 197 g/mol. The summed E-state index contributed by atoms with van der Waals surface area (Å²) >= 11 is 0. The second-order valence-electron chi connectivity index (χ2n) is 3.48. The Morgan fingerprint density at radius 1 is 1.64 bits per heavy atom. The van der Waals surface area contributed by atoms with Crippen LogP contribution >= 0.6 is 0 Å². The van der Waals surface area contributed by atoms with Gasteiger partial charge in [-0.05, 0) is 13.0 Å². The molecule has 0 fully saturated rings. The first-order valence-corrected chi connectivity index (χ1v) is 4.94. The van der Waals surface area contributed by atoms with Crippen LogP contribution in [0.3, 0.4) is 0 Å². The first-order valence-electron chi connectivity index (χ1n) is 4.94. The summed E-state index contributed by atoms with van der Waals surface area (Å²) in [5, 5.41) is 7.61. The van der Waals surface area contributed by atoms with Crippen LogP contribution in [0.5, 0.6) is 0 Å². The number of aromatic nitrogens is 2. The van der Waals surface area contributed by atoms with Gasteiger partial charge in [0.1, 0.15) is 0 Å². The van der Waals surface area contributed by atoms with E-state index in [-0.39, 0.29) is 6.10 Å². The van der Waals surface area contributed by atoms with E-state index in [2.05, 4.69) is 10.4 Å². The minimum atomic E-state index is 0.277. The van der Waals surface area contributed by atoms with Gasteiger partial charge in [0.25, 0.3) is 0 Å². The molecule has 1 atom stereocenters. The van der Waals surface area contributed by atoms with Gasteiger partial charge in [0.15, 0.2) is 0 Å². The van der Waals surface area contributed by atoms with Crippen molar-refractivity contribution in [3.63, 3.8) is 0 Å². The first kappa shape index (κ1) is 11.2. The zero-order valence-corrected chi connectivity index (χ0v) is 9.16. The number of rotatable bonds is 6. The third-order valence-electron chi connectivity index (χ3n) is 2.16. The molecule has 1 unspecified atom stereocenters. The average Bonchev–Trinajstić information content (AvgIpc) is 2.58. The minimum Gasteiger partial charge on any atom is -0.380 e. The Balaban J connectivity index is 2.10. The molecule has 0 aliphatic carbocycles. The molecule has 0 aromatic carbocycles. The first-order chi connectivity index (χ1) is 6.72. The molecule has 0 spiro atoms. The van der Waals surface area contributed by atoms with E-state index in [1.807, 2.05) is 30.9 Å². The Labute approximate surface area is 85.3 Å². The Kier molecular flexibility index (Phi) is 4.62. The van der Waals surface area contributed by atoms with E-state index in [1.165, 1.54) is 0 Å². The molecule has 14 heavy (non-hydrogen) atoms. The van der Waals surface area contributed by atoms with E-state index in [0.29, 0.717) is 0 Å². The molecule has 0 radical (unpaired) electrons. The maximum atomic E-state index is 5.12. The van der Waals surface area contributed by atoms with Gasteiger partial charge in [0, 0.05) is 39.9 Å². The second kappa shape index (κ2) is 5.78. The zero-order chi connectivity index (χ0) is 10.4. The van der Waals surface area contributed by atoms with E-state index >= 15 is 0 Å². The molecule has 0 aliphatic rings. The molecule has 0 saturated carbocycles. The van der Waals surface area contributed by atoms with Gasteiger partial charge < -0.3 is 10.1 Å². The highest BCUT2D eigenvalue weighted by molar-refractivity contribution is 4.98. The van der Waals surface area contributed by atoms with Crippen molar-refractivity contribution >= 4 is 0 Å². The summed E-state index contributed by atoms with van der Waals surface area (Å²) in [6, 6.07) is 2.04. The fourth-order valence-corrected chi connectivity index (χ4v) is 1.20. The van der Waals surface area contributed by atoms with Gasteiger partial charge in [-0.2, -0.15) is 5.10 Å². The summed E-state index contributed by atoms with van der Waals surface area (Å²) in [6.07, 6.45) is 3.21. The van der Waals surface area contributed by atoms with Crippen molar-refractivity contribution in [3.05, 3.63) is 18.0 Å². The lowest BCUT2D eigenvalue weighted by molar-refractivity contribution is 0.117. The number of hydrogen-bond donors (Lipinski definition) is 1. The number of aryl methyl sites for hydroxylation is 1. The molecule has 4 heteroatoms. The Bertz CT molecular complexity index is 260. The van der Waals surface area contributed by atoms with Crippen LogP contribution in [0, 0.1) is 0 Å². The van der Waals surface area contributed by atoms with E-state index in [9.17, 15) is 0 Å². The average molecular weight is 197 g/mol. The molecule has 1 N–H and O–H groups in total. The lowest BCUT2D eigenvalue weighted by Gasteiger charge is -2.09. The van der Waals surface area contributed by atoms with Crippen LogP contribution in [-0.2, 0) is 18.2 Å². The van der Waals surface area contributed by atoms with Crippen molar-refractivity contribution in [2.45, 2.75) is 19.4 Å². The predicted molar refractivity (Wildman–Crippen MR) is 56.3 cm³/mol. The van der Waals surface area contributed by atoms with E-state index in [0.717, 1.165) is 25.2 Å². The van der Waals surface area contributed by atoms with Crippen LogP contribution in [0.1, 0.15) is 12.6 Å². The summed E-state index contributed by atoms with van der Waals surface area (Å²) in [5.41, 5.74) is 1.13. The van der Waals surface area contributed by atoms with Gasteiger partial charge in [-0.1, -0.05) is 0 Å². The molecule has 80 valence electrons. The summed E-state index contributed by atoms with van der Waals surface area (Å²) in [4.78, 5) is 0. The summed E-state index contributed by atoms with van der Waals surface area (Å²) in [5.74, 6) is 0. The van der Waals surface area contributed by atoms with Crippen molar-refractivity contribution in [3.8, 4) is 0 Å². The van der Waals surface area contributed by atoms with Crippen LogP contribution in [0.2, 0.25) is 0 Å². The standard InChI is InChI=1S/C10H19N3O/c1-9(14-3)8-11-6-4-10-5-7-13(2)12-10/h5,7,9,11H,4,6,8H2,1-3H3. The lowest BCUT2D eigenvalue weighted by Crippen LogP contribution is -2.27. The SMILES string of the molecule is COC(C)CNCCc1ccn(C)n1. The van der Waals surface area contributed by atoms with Crippen molar-refractivity contribution < 1.29 is 4.74 Å². The summed E-state index contributed by atoms with van der Waals surface area (Å²) in [6.45, 7) is 3.89. The highest BCUT2D eigenvalue weighted by Gasteiger charge is 1.99. The van der Waals surface area contributed by atoms with E-state index in [4.69, 9.17) is 4.74 Å². The molecule has 0 saturated heterocycles. The third kappa shape index (κ3) is 3.89. The van der Waals surface area contributed by atoms with Crippen molar-refractivity contribution in [2.24, 2.45) is 7.05 Å². The lowest BCUT2D eigenvalue weighted by atomic mass is 10.3. The topological polar surface area (TPSA) is 39.1 Å². The fourth-order valence-electron chi connectivity index (χ4n) is 1.20. The van der Waals surface area contributed by atoms with Crippen LogP contribution in [0.15, 0.2) is 12.3 Å². The van der Waals surface area contributed by atoms with Crippen LogP contribution in [-0.4, -0.2) is 36.1 Å². The smallest absolute Gasteiger partial charge is 0.0667 e. The van der Waals surface area contributed by atoms with Gasteiger partial charge in [-0.3, -0.25) is 4.68 Å². The van der Waals surface area contributed by atoms with Crippen LogP contribution in [0.4, 0.5) is 0 Å². The van der Waals surface area contributed by atoms with Gasteiger partial charge in [0.2, 0.25) is 0 Å². The van der Waals surface area contributed by atoms with E-state index < -0.39 is 0 Å². The summed E-state index contributed by atoms with van der Waals surface area (Å²) < 4.78 is 6.95. The van der Waals surface area contributed by atoms with Crippen LogP contribution < -0.4 is 5.32 Å². The Hall–Kier alpha value is -0.870. The minimum absolute atomic E-state index is 0.277. The molecule has 0 aliphatic heterocycles. The highest BCUT2D eigenvalue weighted by atomic mass is 16.5. The Morgan fingerprint density at radius 3 is 3.00 bits per heavy atom. The van der Waals surface area contributed by atoms with E-state index in [1.54, 1.807) is 7.11 Å². The third-order valence-corrected chi connectivity index (χ3v) is 2.16. The molecular formula is C10H19N3O. The van der Waals surface area contributed by atoms with Crippen molar-refractivity contribution in [1.82, 2.24) is 15.1 Å². The van der Waals surface area contributed by atoms with Crippen molar-refractivity contribution in [2.75, 3.05) is 20.2 Å². The molecule has 1 aromatic rings. The number of nitrogens with one attached hydrogen (secondary N) is 1. The predicted octanol–water partition coefficient (Wildman–Crippen LogP) is 0.587. The van der Waals surface area contributed by atoms with Gasteiger partial charge in [-0.15, -0.1) is 0 Å². The summed E-state index contributed by atoms with van der Waals surface area (Å²) in [7, 11) is 3.66. The quantitative estimate of drug-likeness (QED) is 0.678. The maximum Gasteiger partial charge on any atom is 0.0667 e. The maximum absolute atomic E-state index is 5.12. The second-order valence-corrected chi connectivity index (χ2v) is 3.48. The molecule has 0 amide bonds.